The summed E-state index contributed by atoms with van der Waals surface area (Å²) in [5.74, 6) is 0. The Labute approximate surface area is 91.5 Å². The van der Waals surface area contributed by atoms with Gasteiger partial charge in [-0.1, -0.05) is 38.8 Å². The van der Waals surface area contributed by atoms with Gasteiger partial charge in [-0.3, -0.25) is 0 Å². The van der Waals surface area contributed by atoms with Crippen molar-refractivity contribution in [3.8, 4) is 0 Å². The highest BCUT2D eigenvalue weighted by molar-refractivity contribution is 9.09. The molecule has 0 spiro atoms. The Morgan fingerprint density at radius 2 is 2.08 bits per heavy atom. The van der Waals surface area contributed by atoms with Crippen LogP contribution in [0.25, 0.3) is 0 Å². The van der Waals surface area contributed by atoms with Crippen LogP contribution < -0.4 is 0 Å². The summed E-state index contributed by atoms with van der Waals surface area (Å²) in [5, 5.41) is 2.09. The van der Waals surface area contributed by atoms with E-state index in [0.29, 0.717) is 11.5 Å². The molecule has 1 nitrogen and oxygen atoms in total. The quantitative estimate of drug-likeness (QED) is 0.724. The number of ether oxygens (including phenoxy) is 1. The van der Waals surface area contributed by atoms with Crippen molar-refractivity contribution in [3.63, 3.8) is 0 Å². The second-order valence-corrected chi connectivity index (χ2v) is 5.04. The van der Waals surface area contributed by atoms with Gasteiger partial charge in [0, 0.05) is 17.3 Å². The Morgan fingerprint density at radius 1 is 1.42 bits per heavy atom. The highest BCUT2D eigenvalue weighted by Crippen LogP contribution is 2.32. The Bertz CT molecular complexity index is 128. The van der Waals surface area contributed by atoms with Crippen LogP contribution in [0.15, 0.2) is 0 Å². The lowest BCUT2D eigenvalue weighted by molar-refractivity contribution is 0.0789. The fourth-order valence-corrected chi connectivity index (χ4v) is 2.89. The lowest BCUT2D eigenvalue weighted by atomic mass is 9.88. The molecule has 0 aromatic rings. The van der Waals surface area contributed by atoms with Gasteiger partial charge < -0.3 is 4.74 Å². The summed E-state index contributed by atoms with van der Waals surface area (Å²) in [6.45, 7) is 3.25. The third-order valence-corrected chi connectivity index (χ3v) is 5.10. The van der Waals surface area contributed by atoms with Crippen molar-refractivity contribution in [2.24, 2.45) is 5.41 Å². The molecule has 0 aliphatic carbocycles. The first-order valence-corrected chi connectivity index (χ1v) is 6.68. The van der Waals surface area contributed by atoms with Crippen LogP contribution in [0.3, 0.4) is 0 Å². The largest absolute Gasteiger partial charge is 0.378 e. The third kappa shape index (κ3) is 3.00. The zero-order valence-electron chi connectivity index (χ0n) is 7.48. The standard InChI is InChI=1S/C9H16Br2O/c1-9(6-10,7-11)5-8-3-2-4-12-8/h8H,2-7H2,1H3. The molecule has 1 rings (SSSR count). The Kier molecular flexibility index (Phi) is 4.55. The summed E-state index contributed by atoms with van der Waals surface area (Å²) in [6.07, 6.45) is 4.16. The second kappa shape index (κ2) is 4.97. The molecule has 1 heterocycles. The van der Waals surface area contributed by atoms with Crippen molar-refractivity contribution in [1.29, 1.82) is 0 Å². The lowest BCUT2D eigenvalue weighted by Gasteiger charge is -2.27. The number of hydrogen-bond acceptors (Lipinski definition) is 1. The molecule has 0 aromatic heterocycles. The van der Waals surface area contributed by atoms with Gasteiger partial charge in [-0.25, -0.2) is 0 Å². The molecule has 0 radical (unpaired) electrons. The lowest BCUT2D eigenvalue weighted by Crippen LogP contribution is -2.26. The van der Waals surface area contributed by atoms with E-state index in [1.54, 1.807) is 0 Å². The molecular weight excluding hydrogens is 284 g/mol. The van der Waals surface area contributed by atoms with Crippen LogP contribution in [-0.2, 0) is 4.74 Å². The number of alkyl halides is 2. The molecule has 1 saturated heterocycles. The zero-order chi connectivity index (χ0) is 9.03. The maximum Gasteiger partial charge on any atom is 0.0581 e. The van der Waals surface area contributed by atoms with E-state index >= 15 is 0 Å². The Morgan fingerprint density at radius 3 is 2.50 bits per heavy atom. The van der Waals surface area contributed by atoms with Crippen molar-refractivity contribution >= 4 is 31.9 Å². The molecule has 3 heteroatoms. The van der Waals surface area contributed by atoms with Crippen LogP contribution in [0.5, 0.6) is 0 Å². The molecule has 1 aliphatic rings. The van der Waals surface area contributed by atoms with Crippen LogP contribution >= 0.6 is 31.9 Å². The van der Waals surface area contributed by atoms with Crippen molar-refractivity contribution in [3.05, 3.63) is 0 Å². The Hall–Kier alpha value is 0.920. The van der Waals surface area contributed by atoms with E-state index in [1.807, 2.05) is 0 Å². The van der Waals surface area contributed by atoms with Crippen LogP contribution in [0.1, 0.15) is 26.2 Å². The zero-order valence-corrected chi connectivity index (χ0v) is 10.7. The van der Waals surface area contributed by atoms with Gasteiger partial charge in [0.15, 0.2) is 0 Å². The van der Waals surface area contributed by atoms with Gasteiger partial charge in [0.2, 0.25) is 0 Å². The van der Waals surface area contributed by atoms with Crippen molar-refractivity contribution in [1.82, 2.24) is 0 Å². The molecule has 72 valence electrons. The minimum Gasteiger partial charge on any atom is -0.378 e. The van der Waals surface area contributed by atoms with Crippen LogP contribution in [0, 0.1) is 5.41 Å². The van der Waals surface area contributed by atoms with E-state index < -0.39 is 0 Å². The molecule has 0 bridgehead atoms. The van der Waals surface area contributed by atoms with Gasteiger partial charge in [0.05, 0.1) is 6.10 Å². The molecule has 0 aromatic carbocycles. The Balaban J connectivity index is 2.35. The normalized spacial score (nSPS) is 24.8. The maximum atomic E-state index is 5.61. The van der Waals surface area contributed by atoms with E-state index in [-0.39, 0.29) is 0 Å². The fraction of sp³-hybridized carbons (Fsp3) is 1.00. The van der Waals surface area contributed by atoms with Gasteiger partial charge in [0.1, 0.15) is 0 Å². The van der Waals surface area contributed by atoms with E-state index in [0.717, 1.165) is 17.3 Å². The average Bonchev–Trinajstić information content (AvgIpc) is 2.57. The first-order chi connectivity index (χ1) is 5.70. The molecule has 1 atom stereocenters. The second-order valence-electron chi connectivity index (χ2n) is 3.92. The smallest absolute Gasteiger partial charge is 0.0581 e. The molecule has 0 saturated carbocycles. The topological polar surface area (TPSA) is 9.23 Å². The minimum atomic E-state index is 0.356. The summed E-state index contributed by atoms with van der Waals surface area (Å²) in [5.41, 5.74) is 0.356. The van der Waals surface area contributed by atoms with Crippen LogP contribution in [-0.4, -0.2) is 23.4 Å². The molecule has 1 aliphatic heterocycles. The first-order valence-electron chi connectivity index (χ1n) is 4.44. The van der Waals surface area contributed by atoms with Crippen molar-refractivity contribution < 1.29 is 4.74 Å². The van der Waals surface area contributed by atoms with Gasteiger partial charge >= 0.3 is 0 Å². The SMILES string of the molecule is CC(CBr)(CBr)CC1CCCO1. The molecule has 1 unspecified atom stereocenters. The van der Waals surface area contributed by atoms with Crippen molar-refractivity contribution in [2.75, 3.05) is 17.3 Å². The predicted octanol–water partition coefficient (Wildman–Crippen LogP) is 3.35. The molecule has 0 amide bonds. The molecule has 12 heavy (non-hydrogen) atoms. The summed E-state index contributed by atoms with van der Waals surface area (Å²) in [4.78, 5) is 0. The van der Waals surface area contributed by atoms with Gasteiger partial charge in [0.25, 0.3) is 0 Å². The van der Waals surface area contributed by atoms with E-state index in [9.17, 15) is 0 Å². The van der Waals surface area contributed by atoms with E-state index in [2.05, 4.69) is 38.8 Å². The number of rotatable bonds is 4. The predicted molar refractivity (Wildman–Crippen MR) is 59.3 cm³/mol. The fourth-order valence-electron chi connectivity index (χ4n) is 1.50. The molecular formula is C9H16Br2O. The highest BCUT2D eigenvalue weighted by atomic mass is 79.9. The highest BCUT2D eigenvalue weighted by Gasteiger charge is 2.28. The minimum absolute atomic E-state index is 0.356. The van der Waals surface area contributed by atoms with Gasteiger partial charge in [-0.15, -0.1) is 0 Å². The maximum absolute atomic E-state index is 5.61. The molecule has 0 N–H and O–H groups in total. The first kappa shape index (κ1) is 11.0. The summed E-state index contributed by atoms with van der Waals surface area (Å²) >= 11 is 7.11. The number of hydrogen-bond donors (Lipinski definition) is 0. The van der Waals surface area contributed by atoms with Crippen molar-refractivity contribution in [2.45, 2.75) is 32.3 Å². The molecule has 1 fully saturated rings. The van der Waals surface area contributed by atoms with E-state index in [1.165, 1.54) is 19.3 Å². The van der Waals surface area contributed by atoms with Crippen LogP contribution in [0.2, 0.25) is 0 Å². The average molecular weight is 300 g/mol. The van der Waals surface area contributed by atoms with Gasteiger partial charge in [-0.2, -0.15) is 0 Å². The van der Waals surface area contributed by atoms with Gasteiger partial charge in [-0.05, 0) is 24.7 Å². The third-order valence-electron chi connectivity index (χ3n) is 2.39. The summed E-state index contributed by atoms with van der Waals surface area (Å²) in [7, 11) is 0. The van der Waals surface area contributed by atoms with Crippen LogP contribution in [0.4, 0.5) is 0 Å². The number of halogens is 2. The monoisotopic (exact) mass is 298 g/mol. The summed E-state index contributed by atoms with van der Waals surface area (Å²) < 4.78 is 5.61. The summed E-state index contributed by atoms with van der Waals surface area (Å²) in [6, 6.07) is 0. The van der Waals surface area contributed by atoms with E-state index in [4.69, 9.17) is 4.74 Å².